The van der Waals surface area contributed by atoms with Gasteiger partial charge in [-0.05, 0) is 47.2 Å². The Hall–Kier alpha value is -0.610. The van der Waals surface area contributed by atoms with E-state index in [2.05, 4.69) is 42.9 Å². The maximum atomic E-state index is 12.7. The quantitative estimate of drug-likeness (QED) is 0.755. The molecule has 18 heavy (non-hydrogen) atoms. The van der Waals surface area contributed by atoms with E-state index in [9.17, 15) is 4.79 Å². The standard InChI is InChI=1S/C14H27N3O/c1-11-8-17(9-12(2)16(11)4)13(18)14(3)6-5-7-15-10-14/h11-12,15H,5-10H2,1-4H3. The average Bonchev–Trinajstić information content (AvgIpc) is 2.35. The smallest absolute Gasteiger partial charge is 0.229 e. The van der Waals surface area contributed by atoms with E-state index < -0.39 is 0 Å². The zero-order valence-electron chi connectivity index (χ0n) is 12.2. The predicted molar refractivity (Wildman–Crippen MR) is 73.5 cm³/mol. The van der Waals surface area contributed by atoms with Gasteiger partial charge in [-0.2, -0.15) is 0 Å². The summed E-state index contributed by atoms with van der Waals surface area (Å²) in [6.45, 7) is 10.2. The molecule has 4 nitrogen and oxygen atoms in total. The Balaban J connectivity index is 2.04. The lowest BCUT2D eigenvalue weighted by Crippen LogP contribution is -2.60. The van der Waals surface area contributed by atoms with E-state index in [-0.39, 0.29) is 5.41 Å². The normalized spacial score (nSPS) is 38.8. The number of piperidine rings is 1. The van der Waals surface area contributed by atoms with E-state index >= 15 is 0 Å². The first-order valence-corrected chi connectivity index (χ1v) is 7.16. The molecule has 0 aliphatic carbocycles. The fourth-order valence-corrected chi connectivity index (χ4v) is 3.19. The lowest BCUT2D eigenvalue weighted by molar-refractivity contribution is -0.146. The van der Waals surface area contributed by atoms with E-state index in [1.165, 1.54) is 0 Å². The van der Waals surface area contributed by atoms with Crippen LogP contribution in [0.25, 0.3) is 0 Å². The van der Waals surface area contributed by atoms with Gasteiger partial charge in [-0.3, -0.25) is 9.69 Å². The van der Waals surface area contributed by atoms with Gasteiger partial charge >= 0.3 is 0 Å². The molecule has 1 amide bonds. The van der Waals surface area contributed by atoms with Crippen molar-refractivity contribution in [2.45, 2.75) is 45.7 Å². The van der Waals surface area contributed by atoms with Crippen LogP contribution >= 0.6 is 0 Å². The molecule has 0 bridgehead atoms. The summed E-state index contributed by atoms with van der Waals surface area (Å²) in [7, 11) is 2.15. The third-order valence-corrected chi connectivity index (χ3v) is 4.76. The third kappa shape index (κ3) is 2.54. The second-order valence-corrected chi connectivity index (χ2v) is 6.41. The lowest BCUT2D eigenvalue weighted by atomic mass is 9.81. The van der Waals surface area contributed by atoms with Crippen molar-refractivity contribution in [1.29, 1.82) is 0 Å². The Morgan fingerprint density at radius 3 is 2.39 bits per heavy atom. The molecule has 0 aromatic carbocycles. The number of rotatable bonds is 1. The van der Waals surface area contributed by atoms with Crippen LogP contribution in [0.2, 0.25) is 0 Å². The van der Waals surface area contributed by atoms with Crippen molar-refractivity contribution in [1.82, 2.24) is 15.1 Å². The summed E-state index contributed by atoms with van der Waals surface area (Å²) >= 11 is 0. The van der Waals surface area contributed by atoms with E-state index in [1.54, 1.807) is 0 Å². The summed E-state index contributed by atoms with van der Waals surface area (Å²) in [6.07, 6.45) is 2.13. The van der Waals surface area contributed by atoms with Crippen LogP contribution in [0.1, 0.15) is 33.6 Å². The molecule has 3 atom stereocenters. The van der Waals surface area contributed by atoms with Crippen LogP contribution < -0.4 is 5.32 Å². The summed E-state index contributed by atoms with van der Waals surface area (Å²) < 4.78 is 0. The van der Waals surface area contributed by atoms with Crippen molar-refractivity contribution < 1.29 is 4.79 Å². The van der Waals surface area contributed by atoms with Gasteiger partial charge in [0.2, 0.25) is 5.91 Å². The predicted octanol–water partition coefficient (Wildman–Crippen LogP) is 0.927. The van der Waals surface area contributed by atoms with Crippen molar-refractivity contribution in [3.05, 3.63) is 0 Å². The Labute approximate surface area is 111 Å². The van der Waals surface area contributed by atoms with E-state index in [1.807, 2.05) is 0 Å². The molecule has 0 spiro atoms. The molecule has 2 aliphatic heterocycles. The number of likely N-dealkylation sites (N-methyl/N-ethyl adjacent to an activating group) is 1. The molecule has 2 fully saturated rings. The van der Waals surface area contributed by atoms with Crippen molar-refractivity contribution in [3.63, 3.8) is 0 Å². The first kappa shape index (κ1) is 13.8. The van der Waals surface area contributed by atoms with Crippen molar-refractivity contribution in [3.8, 4) is 0 Å². The first-order chi connectivity index (χ1) is 8.44. The molecule has 0 saturated carbocycles. The molecule has 0 radical (unpaired) electrons. The minimum absolute atomic E-state index is 0.187. The van der Waals surface area contributed by atoms with Gasteiger partial charge in [-0.1, -0.05) is 0 Å². The van der Waals surface area contributed by atoms with Crippen LogP contribution in [0.4, 0.5) is 0 Å². The first-order valence-electron chi connectivity index (χ1n) is 7.16. The van der Waals surface area contributed by atoms with Crippen LogP contribution in [0.3, 0.4) is 0 Å². The molecule has 4 heteroatoms. The number of piperazine rings is 1. The van der Waals surface area contributed by atoms with E-state index in [0.29, 0.717) is 18.0 Å². The van der Waals surface area contributed by atoms with Crippen LogP contribution in [0, 0.1) is 5.41 Å². The number of hydrogen-bond donors (Lipinski definition) is 1. The largest absolute Gasteiger partial charge is 0.339 e. The Bertz CT molecular complexity index is 300. The maximum Gasteiger partial charge on any atom is 0.229 e. The Morgan fingerprint density at radius 2 is 1.89 bits per heavy atom. The van der Waals surface area contributed by atoms with Gasteiger partial charge in [-0.25, -0.2) is 0 Å². The van der Waals surface area contributed by atoms with Gasteiger partial charge in [0.1, 0.15) is 0 Å². The van der Waals surface area contributed by atoms with Crippen molar-refractivity contribution in [2.24, 2.45) is 5.41 Å². The second-order valence-electron chi connectivity index (χ2n) is 6.41. The highest BCUT2D eigenvalue weighted by Crippen LogP contribution is 2.29. The minimum atomic E-state index is -0.187. The van der Waals surface area contributed by atoms with Gasteiger partial charge in [0.25, 0.3) is 0 Å². The van der Waals surface area contributed by atoms with Crippen molar-refractivity contribution >= 4 is 5.91 Å². The molecule has 0 aromatic heterocycles. The molecular weight excluding hydrogens is 226 g/mol. The van der Waals surface area contributed by atoms with Crippen LogP contribution in [0.15, 0.2) is 0 Å². The third-order valence-electron chi connectivity index (χ3n) is 4.76. The number of amides is 1. The van der Waals surface area contributed by atoms with Crippen LogP contribution in [-0.4, -0.2) is 61.0 Å². The molecular formula is C14H27N3O. The molecule has 3 unspecified atom stereocenters. The summed E-state index contributed by atoms with van der Waals surface area (Å²) in [6, 6.07) is 0.913. The number of hydrogen-bond acceptors (Lipinski definition) is 3. The second kappa shape index (κ2) is 5.17. The number of nitrogens with zero attached hydrogens (tertiary/aromatic N) is 2. The molecule has 0 aromatic rings. The molecule has 2 saturated heterocycles. The van der Waals surface area contributed by atoms with Crippen molar-refractivity contribution in [2.75, 3.05) is 33.2 Å². The SMILES string of the molecule is CC1CN(C(=O)C2(C)CCCNC2)CC(C)N1C. The van der Waals surface area contributed by atoms with Gasteiger partial charge in [0.15, 0.2) is 0 Å². The minimum Gasteiger partial charge on any atom is -0.339 e. The van der Waals surface area contributed by atoms with Gasteiger partial charge < -0.3 is 10.2 Å². The fourth-order valence-electron chi connectivity index (χ4n) is 3.19. The molecule has 1 N–H and O–H groups in total. The van der Waals surface area contributed by atoms with Gasteiger partial charge in [-0.15, -0.1) is 0 Å². The highest BCUT2D eigenvalue weighted by atomic mass is 16.2. The summed E-state index contributed by atoms with van der Waals surface area (Å²) in [4.78, 5) is 17.2. The molecule has 2 rings (SSSR count). The fraction of sp³-hybridized carbons (Fsp3) is 0.929. The highest BCUT2D eigenvalue weighted by molar-refractivity contribution is 5.83. The molecule has 2 aliphatic rings. The molecule has 2 heterocycles. The number of nitrogens with one attached hydrogen (secondary N) is 1. The topological polar surface area (TPSA) is 35.6 Å². The molecule has 104 valence electrons. The summed E-state index contributed by atoms with van der Waals surface area (Å²) in [5, 5.41) is 3.37. The lowest BCUT2D eigenvalue weighted by Gasteiger charge is -2.46. The van der Waals surface area contributed by atoms with E-state index in [0.717, 1.165) is 39.0 Å². The maximum absolute atomic E-state index is 12.7. The van der Waals surface area contributed by atoms with Crippen LogP contribution in [-0.2, 0) is 4.79 Å². The summed E-state index contributed by atoms with van der Waals surface area (Å²) in [5.41, 5.74) is -0.187. The zero-order valence-corrected chi connectivity index (χ0v) is 12.2. The Kier molecular flexibility index (Phi) is 3.97. The number of carbonyl (C=O) groups is 1. The van der Waals surface area contributed by atoms with Gasteiger partial charge in [0.05, 0.1) is 5.41 Å². The highest BCUT2D eigenvalue weighted by Gasteiger charge is 2.40. The van der Waals surface area contributed by atoms with E-state index in [4.69, 9.17) is 0 Å². The summed E-state index contributed by atoms with van der Waals surface area (Å²) in [5.74, 6) is 0.349. The van der Waals surface area contributed by atoms with Gasteiger partial charge in [0, 0.05) is 31.7 Å². The Morgan fingerprint density at radius 1 is 1.28 bits per heavy atom. The number of carbonyl (C=O) groups excluding carboxylic acids is 1. The monoisotopic (exact) mass is 253 g/mol. The zero-order chi connectivity index (χ0) is 13.3. The van der Waals surface area contributed by atoms with Crippen LogP contribution in [0.5, 0.6) is 0 Å². The average molecular weight is 253 g/mol.